The number of amides is 1. The Hall–Kier alpha value is -3.35. The second kappa shape index (κ2) is 11.0. The molecule has 0 spiro atoms. The van der Waals surface area contributed by atoms with Crippen LogP contribution in [-0.4, -0.2) is 24.5 Å². The van der Waals surface area contributed by atoms with E-state index in [0.717, 1.165) is 39.6 Å². The van der Waals surface area contributed by atoms with Gasteiger partial charge in [-0.25, -0.2) is 4.98 Å². The van der Waals surface area contributed by atoms with E-state index in [2.05, 4.69) is 10.3 Å². The number of benzene rings is 3. The lowest BCUT2D eigenvalue weighted by atomic mass is 10.1. The largest absolute Gasteiger partial charge is 0.497 e. The number of hydrogen-bond donors (Lipinski definition) is 1. The highest BCUT2D eigenvalue weighted by atomic mass is 35.5. The Morgan fingerprint density at radius 2 is 1.76 bits per heavy atom. The summed E-state index contributed by atoms with van der Waals surface area (Å²) in [5, 5.41) is 6.19. The van der Waals surface area contributed by atoms with E-state index in [0.29, 0.717) is 23.9 Å². The summed E-state index contributed by atoms with van der Waals surface area (Å²) in [7, 11) is 1.64. The van der Waals surface area contributed by atoms with Gasteiger partial charge in [-0.3, -0.25) is 4.79 Å². The minimum atomic E-state index is -0.174. The Labute approximate surface area is 202 Å². The molecular formula is C26H23ClN2O3S. The molecule has 0 radical (unpaired) electrons. The minimum Gasteiger partial charge on any atom is -0.497 e. The molecule has 5 nitrogen and oxygen atoms in total. The number of halogens is 1. The molecule has 4 rings (SSSR count). The van der Waals surface area contributed by atoms with Crippen LogP contribution in [0.3, 0.4) is 0 Å². The second-order valence-corrected chi connectivity index (χ2v) is 8.63. The zero-order valence-electron chi connectivity index (χ0n) is 18.1. The molecule has 7 heteroatoms. The van der Waals surface area contributed by atoms with Gasteiger partial charge in [0.15, 0.2) is 0 Å². The third-order valence-corrected chi connectivity index (χ3v) is 6.12. The number of thiazole rings is 1. The molecule has 1 amide bonds. The highest BCUT2D eigenvalue weighted by Crippen LogP contribution is 2.26. The first-order valence-electron chi connectivity index (χ1n) is 10.4. The number of methoxy groups -OCH3 is 1. The van der Waals surface area contributed by atoms with Crippen molar-refractivity contribution in [3.05, 3.63) is 100 Å². The molecule has 0 bridgehead atoms. The van der Waals surface area contributed by atoms with Crippen molar-refractivity contribution in [2.45, 2.75) is 13.0 Å². The summed E-state index contributed by atoms with van der Waals surface area (Å²) in [4.78, 5) is 17.0. The van der Waals surface area contributed by atoms with Gasteiger partial charge in [0.05, 0.1) is 7.11 Å². The van der Waals surface area contributed by atoms with E-state index in [1.807, 2.05) is 72.8 Å². The number of carbonyl (C=O) groups is 1. The maximum absolute atomic E-state index is 12.5. The first-order chi connectivity index (χ1) is 16.1. The van der Waals surface area contributed by atoms with E-state index >= 15 is 0 Å². The van der Waals surface area contributed by atoms with Crippen molar-refractivity contribution in [2.24, 2.45) is 0 Å². The smallest absolute Gasteiger partial charge is 0.270 e. The van der Waals surface area contributed by atoms with Crippen LogP contribution in [0.4, 0.5) is 0 Å². The molecule has 0 unspecified atom stereocenters. The number of aromatic nitrogens is 1. The SMILES string of the molecule is COc1ccc(CCNC(=O)c2csc(-c3ccc(OCc4cccc(Cl)c4)cc3)n2)cc1. The summed E-state index contributed by atoms with van der Waals surface area (Å²) in [6, 6.07) is 23.1. The lowest BCUT2D eigenvalue weighted by molar-refractivity contribution is 0.0950. The van der Waals surface area contributed by atoms with Gasteiger partial charge >= 0.3 is 0 Å². The maximum atomic E-state index is 12.5. The number of nitrogens with one attached hydrogen (secondary N) is 1. The highest BCUT2D eigenvalue weighted by molar-refractivity contribution is 7.13. The lowest BCUT2D eigenvalue weighted by Crippen LogP contribution is -2.25. The summed E-state index contributed by atoms with van der Waals surface area (Å²) in [5.41, 5.74) is 3.50. The lowest BCUT2D eigenvalue weighted by Gasteiger charge is -2.07. The summed E-state index contributed by atoms with van der Waals surface area (Å²) in [6.45, 7) is 0.981. The van der Waals surface area contributed by atoms with Gasteiger partial charge in [-0.15, -0.1) is 11.3 Å². The quantitative estimate of drug-likeness (QED) is 0.319. The van der Waals surface area contributed by atoms with Crippen molar-refractivity contribution in [3.63, 3.8) is 0 Å². The normalized spacial score (nSPS) is 10.6. The molecule has 168 valence electrons. The molecule has 0 aliphatic carbocycles. The van der Waals surface area contributed by atoms with Crippen LogP contribution < -0.4 is 14.8 Å². The third kappa shape index (κ3) is 6.34. The van der Waals surface area contributed by atoms with Crippen molar-refractivity contribution in [1.29, 1.82) is 0 Å². The van der Waals surface area contributed by atoms with Crippen LogP contribution in [0.15, 0.2) is 78.2 Å². The van der Waals surface area contributed by atoms with Crippen molar-refractivity contribution < 1.29 is 14.3 Å². The van der Waals surface area contributed by atoms with Gasteiger partial charge in [-0.05, 0) is 66.1 Å². The fourth-order valence-electron chi connectivity index (χ4n) is 3.20. The first kappa shape index (κ1) is 22.8. The van der Waals surface area contributed by atoms with Gasteiger partial charge in [0.2, 0.25) is 0 Å². The molecular weight excluding hydrogens is 456 g/mol. The summed E-state index contributed by atoms with van der Waals surface area (Å²) < 4.78 is 11.0. The van der Waals surface area contributed by atoms with E-state index in [1.165, 1.54) is 11.3 Å². The molecule has 0 saturated carbocycles. The monoisotopic (exact) mass is 478 g/mol. The Morgan fingerprint density at radius 1 is 1.00 bits per heavy atom. The standard InChI is InChI=1S/C26H23ClN2O3S/c1-31-22-9-5-18(6-10-22)13-14-28-25(30)24-17-33-26(29-24)20-7-11-23(12-8-20)32-16-19-3-2-4-21(27)15-19/h2-12,15,17H,13-14,16H2,1H3,(H,28,30). The van der Waals surface area contributed by atoms with Crippen LogP contribution in [-0.2, 0) is 13.0 Å². The fraction of sp³-hybridized carbons (Fsp3) is 0.154. The van der Waals surface area contributed by atoms with Crippen LogP contribution >= 0.6 is 22.9 Å². The van der Waals surface area contributed by atoms with Gasteiger partial charge in [0.25, 0.3) is 5.91 Å². The number of hydrogen-bond acceptors (Lipinski definition) is 5. The molecule has 0 aliphatic heterocycles. The van der Waals surface area contributed by atoms with Gasteiger partial charge in [0.1, 0.15) is 28.8 Å². The van der Waals surface area contributed by atoms with E-state index in [1.54, 1.807) is 12.5 Å². The average molecular weight is 479 g/mol. The van der Waals surface area contributed by atoms with Crippen LogP contribution in [0.1, 0.15) is 21.6 Å². The molecule has 0 saturated heterocycles. The van der Waals surface area contributed by atoms with Gasteiger partial charge in [-0.1, -0.05) is 35.9 Å². The molecule has 1 heterocycles. The molecule has 0 aliphatic rings. The summed E-state index contributed by atoms with van der Waals surface area (Å²) >= 11 is 7.45. The summed E-state index contributed by atoms with van der Waals surface area (Å²) in [5.74, 6) is 1.40. The van der Waals surface area contributed by atoms with E-state index in [9.17, 15) is 4.79 Å². The first-order valence-corrected chi connectivity index (χ1v) is 11.7. The molecule has 4 aromatic rings. The highest BCUT2D eigenvalue weighted by Gasteiger charge is 2.12. The van der Waals surface area contributed by atoms with Crippen molar-refractivity contribution >= 4 is 28.8 Å². The van der Waals surface area contributed by atoms with Crippen LogP contribution in [0.2, 0.25) is 5.02 Å². The Balaban J connectivity index is 1.29. The zero-order valence-corrected chi connectivity index (χ0v) is 19.7. The number of carbonyl (C=O) groups excluding carboxylic acids is 1. The predicted molar refractivity (Wildman–Crippen MR) is 132 cm³/mol. The molecule has 3 aromatic carbocycles. The minimum absolute atomic E-state index is 0.174. The van der Waals surface area contributed by atoms with Gasteiger partial charge < -0.3 is 14.8 Å². The number of ether oxygens (including phenoxy) is 2. The van der Waals surface area contributed by atoms with Crippen molar-refractivity contribution in [2.75, 3.05) is 13.7 Å². The molecule has 1 aromatic heterocycles. The number of nitrogens with zero attached hydrogens (tertiary/aromatic N) is 1. The van der Waals surface area contributed by atoms with Crippen molar-refractivity contribution in [3.8, 4) is 22.1 Å². The second-order valence-electron chi connectivity index (χ2n) is 7.33. The third-order valence-electron chi connectivity index (χ3n) is 4.99. The Morgan fingerprint density at radius 3 is 2.48 bits per heavy atom. The van der Waals surface area contributed by atoms with Crippen molar-refractivity contribution in [1.82, 2.24) is 10.3 Å². The molecule has 0 fully saturated rings. The maximum Gasteiger partial charge on any atom is 0.270 e. The molecule has 33 heavy (non-hydrogen) atoms. The van der Waals surface area contributed by atoms with Gasteiger partial charge in [-0.2, -0.15) is 0 Å². The van der Waals surface area contributed by atoms with Crippen LogP contribution in [0, 0.1) is 0 Å². The van der Waals surface area contributed by atoms with Crippen LogP contribution in [0.25, 0.3) is 10.6 Å². The Bertz CT molecular complexity index is 1210. The molecule has 0 atom stereocenters. The number of rotatable bonds is 9. The average Bonchev–Trinajstić information content (AvgIpc) is 3.34. The predicted octanol–water partition coefficient (Wildman–Crippen LogP) is 6.02. The van der Waals surface area contributed by atoms with E-state index in [-0.39, 0.29) is 5.91 Å². The Kier molecular flexibility index (Phi) is 7.60. The van der Waals surface area contributed by atoms with E-state index in [4.69, 9.17) is 21.1 Å². The fourth-order valence-corrected chi connectivity index (χ4v) is 4.22. The molecule has 1 N–H and O–H groups in total. The zero-order chi connectivity index (χ0) is 23.0. The van der Waals surface area contributed by atoms with Crippen LogP contribution in [0.5, 0.6) is 11.5 Å². The summed E-state index contributed by atoms with van der Waals surface area (Å²) in [6.07, 6.45) is 0.739. The topological polar surface area (TPSA) is 60.5 Å². The van der Waals surface area contributed by atoms with Gasteiger partial charge in [0, 0.05) is 22.5 Å². The van der Waals surface area contributed by atoms with E-state index < -0.39 is 0 Å².